The minimum atomic E-state index is 0.869. The molecule has 16 heavy (non-hydrogen) atoms. The number of aromatic nitrogens is 2. The van der Waals surface area contributed by atoms with Crippen LogP contribution in [0.3, 0.4) is 0 Å². The molecule has 0 spiro atoms. The third-order valence-electron chi connectivity index (χ3n) is 2.37. The van der Waals surface area contributed by atoms with Gasteiger partial charge in [-0.15, -0.1) is 0 Å². The Morgan fingerprint density at radius 1 is 0.938 bits per heavy atom. The highest BCUT2D eigenvalue weighted by atomic mass is 14.8. The van der Waals surface area contributed by atoms with Gasteiger partial charge in [0.1, 0.15) is 0 Å². The van der Waals surface area contributed by atoms with E-state index in [2.05, 4.69) is 27.4 Å². The van der Waals surface area contributed by atoms with Crippen LogP contribution in [-0.4, -0.2) is 16.5 Å². The Morgan fingerprint density at radius 2 is 1.62 bits per heavy atom. The van der Waals surface area contributed by atoms with E-state index in [0.29, 0.717) is 0 Å². The monoisotopic (exact) mass is 213 g/mol. The van der Waals surface area contributed by atoms with Crippen molar-refractivity contribution in [1.29, 1.82) is 0 Å². The maximum absolute atomic E-state index is 4.08. The molecule has 3 nitrogen and oxygen atoms in total. The predicted molar refractivity (Wildman–Crippen MR) is 63.9 cm³/mol. The number of hydrogen-bond acceptors (Lipinski definition) is 3. The molecule has 0 aliphatic rings. The molecule has 2 aromatic heterocycles. The zero-order chi connectivity index (χ0) is 11.1. The summed E-state index contributed by atoms with van der Waals surface area (Å²) in [5.41, 5.74) is 2.48. The van der Waals surface area contributed by atoms with Crippen LogP contribution in [0.25, 0.3) is 0 Å². The van der Waals surface area contributed by atoms with E-state index < -0.39 is 0 Å². The van der Waals surface area contributed by atoms with Crippen molar-refractivity contribution in [2.75, 3.05) is 6.54 Å². The molecular weight excluding hydrogens is 198 g/mol. The molecule has 0 unspecified atom stereocenters. The largest absolute Gasteiger partial charge is 0.312 e. The molecule has 82 valence electrons. The van der Waals surface area contributed by atoms with Crippen molar-refractivity contribution in [3.63, 3.8) is 0 Å². The lowest BCUT2D eigenvalue weighted by Crippen LogP contribution is -2.16. The van der Waals surface area contributed by atoms with Gasteiger partial charge >= 0.3 is 0 Å². The van der Waals surface area contributed by atoms with Crippen LogP contribution in [-0.2, 0) is 13.0 Å². The Bertz CT molecular complexity index is 359. The second-order valence-corrected chi connectivity index (χ2v) is 3.65. The minimum Gasteiger partial charge on any atom is -0.312 e. The Kier molecular flexibility index (Phi) is 4.02. The summed E-state index contributed by atoms with van der Waals surface area (Å²) in [4.78, 5) is 8.16. The summed E-state index contributed by atoms with van der Waals surface area (Å²) in [6.07, 6.45) is 8.39. The third kappa shape index (κ3) is 3.44. The topological polar surface area (TPSA) is 37.8 Å². The molecule has 2 aromatic rings. The van der Waals surface area contributed by atoms with Crippen LogP contribution in [0.4, 0.5) is 0 Å². The van der Waals surface area contributed by atoms with Crippen molar-refractivity contribution in [2.24, 2.45) is 0 Å². The fraction of sp³-hybridized carbons (Fsp3) is 0.231. The molecule has 0 saturated heterocycles. The van der Waals surface area contributed by atoms with E-state index >= 15 is 0 Å². The van der Waals surface area contributed by atoms with Crippen molar-refractivity contribution < 1.29 is 0 Å². The van der Waals surface area contributed by atoms with Crippen molar-refractivity contribution in [1.82, 2.24) is 15.3 Å². The molecular formula is C13H15N3. The molecule has 3 heteroatoms. The fourth-order valence-electron chi connectivity index (χ4n) is 1.51. The number of nitrogens with zero attached hydrogens (tertiary/aromatic N) is 2. The van der Waals surface area contributed by atoms with E-state index in [1.807, 2.05) is 24.5 Å². The summed E-state index contributed by atoms with van der Waals surface area (Å²) in [6.45, 7) is 1.83. The first-order chi connectivity index (χ1) is 7.95. The van der Waals surface area contributed by atoms with Gasteiger partial charge in [0.05, 0.1) is 0 Å². The quantitative estimate of drug-likeness (QED) is 0.770. The number of rotatable bonds is 5. The standard InChI is InChI=1S/C13H15N3/c1-3-12(9-14-6-1)5-8-16-11-13-4-2-7-15-10-13/h1-4,6-7,9-10,16H,5,8,11H2. The molecule has 2 heterocycles. The molecule has 0 fully saturated rings. The molecule has 0 atom stereocenters. The van der Waals surface area contributed by atoms with Crippen molar-refractivity contribution >= 4 is 0 Å². The molecule has 0 aliphatic carbocycles. The van der Waals surface area contributed by atoms with Crippen molar-refractivity contribution in [3.8, 4) is 0 Å². The highest BCUT2D eigenvalue weighted by Crippen LogP contribution is 1.97. The molecule has 1 N–H and O–H groups in total. The van der Waals surface area contributed by atoms with Gasteiger partial charge in [0.15, 0.2) is 0 Å². The summed E-state index contributed by atoms with van der Waals surface area (Å²) in [6, 6.07) is 8.09. The van der Waals surface area contributed by atoms with Crippen LogP contribution in [0.5, 0.6) is 0 Å². The van der Waals surface area contributed by atoms with Gasteiger partial charge in [-0.3, -0.25) is 9.97 Å². The summed E-state index contributed by atoms with van der Waals surface area (Å²) >= 11 is 0. The average Bonchev–Trinajstić information content (AvgIpc) is 2.37. The lowest BCUT2D eigenvalue weighted by Gasteiger charge is -2.04. The van der Waals surface area contributed by atoms with Gasteiger partial charge in [-0.05, 0) is 36.2 Å². The highest BCUT2D eigenvalue weighted by Gasteiger charge is 1.93. The number of pyridine rings is 2. The van der Waals surface area contributed by atoms with E-state index in [9.17, 15) is 0 Å². The summed E-state index contributed by atoms with van der Waals surface area (Å²) in [7, 11) is 0. The lowest BCUT2D eigenvalue weighted by atomic mass is 10.2. The van der Waals surface area contributed by atoms with E-state index in [4.69, 9.17) is 0 Å². The molecule has 0 aliphatic heterocycles. The van der Waals surface area contributed by atoms with Crippen LogP contribution in [0, 0.1) is 0 Å². The first-order valence-corrected chi connectivity index (χ1v) is 5.44. The van der Waals surface area contributed by atoms with E-state index in [-0.39, 0.29) is 0 Å². The summed E-state index contributed by atoms with van der Waals surface area (Å²) in [5.74, 6) is 0. The van der Waals surface area contributed by atoms with Gasteiger partial charge in [-0.25, -0.2) is 0 Å². The van der Waals surface area contributed by atoms with Gasteiger partial charge in [-0.2, -0.15) is 0 Å². The van der Waals surface area contributed by atoms with E-state index in [0.717, 1.165) is 19.5 Å². The van der Waals surface area contributed by atoms with Gasteiger partial charge in [-0.1, -0.05) is 12.1 Å². The smallest absolute Gasteiger partial charge is 0.0312 e. The minimum absolute atomic E-state index is 0.869. The first-order valence-electron chi connectivity index (χ1n) is 5.44. The second kappa shape index (κ2) is 5.98. The van der Waals surface area contributed by atoms with Crippen LogP contribution >= 0.6 is 0 Å². The molecule has 2 rings (SSSR count). The Morgan fingerprint density at radius 3 is 2.25 bits per heavy atom. The summed E-state index contributed by atoms with van der Waals surface area (Å²) in [5, 5.41) is 3.38. The lowest BCUT2D eigenvalue weighted by molar-refractivity contribution is 0.684. The van der Waals surface area contributed by atoms with Crippen LogP contribution in [0.15, 0.2) is 49.1 Å². The van der Waals surface area contributed by atoms with Crippen molar-refractivity contribution in [3.05, 3.63) is 60.2 Å². The predicted octanol–water partition coefficient (Wildman–Crippen LogP) is 1.81. The van der Waals surface area contributed by atoms with Crippen LogP contribution in [0.2, 0.25) is 0 Å². The van der Waals surface area contributed by atoms with Gasteiger partial charge in [0.25, 0.3) is 0 Å². The fourth-order valence-corrected chi connectivity index (χ4v) is 1.51. The van der Waals surface area contributed by atoms with E-state index in [1.54, 1.807) is 12.4 Å². The molecule has 0 bridgehead atoms. The zero-order valence-corrected chi connectivity index (χ0v) is 9.13. The molecule has 0 amide bonds. The van der Waals surface area contributed by atoms with Gasteiger partial charge in [0.2, 0.25) is 0 Å². The first kappa shape index (κ1) is 10.8. The van der Waals surface area contributed by atoms with E-state index in [1.165, 1.54) is 11.1 Å². The molecule has 0 aromatic carbocycles. The molecule has 0 saturated carbocycles. The summed E-state index contributed by atoms with van der Waals surface area (Å²) < 4.78 is 0. The Labute approximate surface area is 95.6 Å². The van der Waals surface area contributed by atoms with Crippen molar-refractivity contribution in [2.45, 2.75) is 13.0 Å². The zero-order valence-electron chi connectivity index (χ0n) is 9.13. The average molecular weight is 213 g/mol. The Hall–Kier alpha value is -1.74. The normalized spacial score (nSPS) is 10.2. The number of nitrogens with one attached hydrogen (secondary N) is 1. The van der Waals surface area contributed by atoms with Crippen LogP contribution < -0.4 is 5.32 Å². The maximum atomic E-state index is 4.08. The van der Waals surface area contributed by atoms with Gasteiger partial charge in [0, 0.05) is 31.3 Å². The van der Waals surface area contributed by atoms with Crippen LogP contribution in [0.1, 0.15) is 11.1 Å². The molecule has 0 radical (unpaired) electrons. The SMILES string of the molecule is c1cncc(CCNCc2cccnc2)c1. The van der Waals surface area contributed by atoms with Gasteiger partial charge < -0.3 is 5.32 Å². The Balaban J connectivity index is 1.70. The third-order valence-corrected chi connectivity index (χ3v) is 2.37. The second-order valence-electron chi connectivity index (χ2n) is 3.65. The number of hydrogen-bond donors (Lipinski definition) is 1. The maximum Gasteiger partial charge on any atom is 0.0312 e. The highest BCUT2D eigenvalue weighted by molar-refractivity contribution is 5.10.